The van der Waals surface area contributed by atoms with Crippen molar-refractivity contribution in [3.63, 3.8) is 0 Å². The summed E-state index contributed by atoms with van der Waals surface area (Å²) < 4.78 is 0.846. The van der Waals surface area contributed by atoms with Gasteiger partial charge in [0.1, 0.15) is 0 Å². The van der Waals surface area contributed by atoms with Gasteiger partial charge in [0.2, 0.25) is 0 Å². The second kappa shape index (κ2) is 8.66. The number of imide groups is 1. The van der Waals surface area contributed by atoms with Crippen molar-refractivity contribution in [3.05, 3.63) is 85.9 Å². The predicted octanol–water partition coefficient (Wildman–Crippen LogP) is 4.26. The monoisotopic (exact) mass is 497 g/mol. The van der Waals surface area contributed by atoms with Gasteiger partial charge in [0, 0.05) is 22.2 Å². The number of non-ortho nitro benzene ring substituents is 1. The van der Waals surface area contributed by atoms with E-state index in [4.69, 9.17) is 0 Å². The molecule has 9 heteroatoms. The average Bonchev–Trinajstić information content (AvgIpc) is 3.02. The fourth-order valence-corrected chi connectivity index (χ4v) is 4.42. The third-order valence-electron chi connectivity index (χ3n) is 5.83. The Labute approximate surface area is 192 Å². The largest absolute Gasteiger partial charge is 0.273 e. The average molecular weight is 498 g/mol. The molecule has 0 radical (unpaired) electrons. The molecule has 3 amide bonds. The van der Waals surface area contributed by atoms with Gasteiger partial charge < -0.3 is 0 Å². The molecule has 8 nitrogen and oxygen atoms in total. The summed E-state index contributed by atoms with van der Waals surface area (Å²) in [6.07, 6.45) is 2.88. The first-order valence-electron chi connectivity index (χ1n) is 10.1. The van der Waals surface area contributed by atoms with E-state index in [0.717, 1.165) is 26.1 Å². The lowest BCUT2D eigenvalue weighted by molar-refractivity contribution is -0.384. The number of halogens is 1. The van der Waals surface area contributed by atoms with Crippen molar-refractivity contribution in [3.8, 4) is 0 Å². The van der Waals surface area contributed by atoms with Crippen LogP contribution in [0.2, 0.25) is 0 Å². The van der Waals surface area contributed by atoms with E-state index < -0.39 is 34.5 Å². The van der Waals surface area contributed by atoms with Gasteiger partial charge >= 0.3 is 0 Å². The molecule has 2 aromatic carbocycles. The zero-order valence-electron chi connectivity index (χ0n) is 17.2. The number of hydrazine groups is 1. The van der Waals surface area contributed by atoms with Gasteiger partial charge in [0.25, 0.3) is 23.4 Å². The van der Waals surface area contributed by atoms with E-state index in [9.17, 15) is 24.5 Å². The van der Waals surface area contributed by atoms with Crippen molar-refractivity contribution in [2.75, 3.05) is 0 Å². The lowest BCUT2D eigenvalue weighted by Gasteiger charge is -2.30. The van der Waals surface area contributed by atoms with Gasteiger partial charge in [-0.05, 0) is 43.5 Å². The molecule has 1 saturated heterocycles. The molecule has 164 valence electrons. The molecule has 1 fully saturated rings. The molecule has 0 saturated carbocycles. The molecule has 2 aliphatic rings. The third-order valence-corrected chi connectivity index (χ3v) is 6.35. The number of nitrogens with zero attached hydrogens (tertiary/aromatic N) is 3. The highest BCUT2D eigenvalue weighted by molar-refractivity contribution is 9.10. The fraction of sp³-hybridized carbons (Fsp3) is 0.261. The summed E-state index contributed by atoms with van der Waals surface area (Å²) in [6.45, 7) is 1.89. The zero-order chi connectivity index (χ0) is 23.0. The summed E-state index contributed by atoms with van der Waals surface area (Å²) in [5.41, 5.74) is 1.53. The molecular weight excluding hydrogens is 478 g/mol. The number of allylic oxidation sites excluding steroid dienone is 2. The van der Waals surface area contributed by atoms with Crippen LogP contribution in [0.4, 0.5) is 5.69 Å². The maximum atomic E-state index is 13.5. The Kier molecular flexibility index (Phi) is 5.92. The van der Waals surface area contributed by atoms with E-state index in [0.29, 0.717) is 18.4 Å². The molecule has 32 heavy (non-hydrogen) atoms. The summed E-state index contributed by atoms with van der Waals surface area (Å²) in [7, 11) is 0. The van der Waals surface area contributed by atoms with Gasteiger partial charge in [-0.3, -0.25) is 24.5 Å². The molecule has 2 atom stereocenters. The first-order valence-corrected chi connectivity index (χ1v) is 10.9. The SMILES string of the molecule is CC1=CC[C@H]2C(=O)N(N(Cc3ccc(Br)cc3)C(=O)c3cccc([N+](=O)[O-])c3)C(=O)[C@H]2C1. The number of hydrogen-bond acceptors (Lipinski definition) is 5. The number of rotatable bonds is 5. The second-order valence-electron chi connectivity index (χ2n) is 7.99. The minimum atomic E-state index is -0.651. The van der Waals surface area contributed by atoms with E-state index in [2.05, 4.69) is 15.9 Å². The number of nitro benzene ring substituents is 1. The van der Waals surface area contributed by atoms with Crippen LogP contribution < -0.4 is 0 Å². The Balaban J connectivity index is 1.72. The molecular formula is C23H20BrN3O5. The van der Waals surface area contributed by atoms with Gasteiger partial charge in [-0.2, -0.15) is 5.01 Å². The number of nitro groups is 1. The molecule has 1 aliphatic carbocycles. The molecule has 2 aromatic rings. The van der Waals surface area contributed by atoms with Crippen LogP contribution in [-0.2, 0) is 16.1 Å². The van der Waals surface area contributed by atoms with Gasteiger partial charge in [0.05, 0.1) is 23.3 Å². The van der Waals surface area contributed by atoms with Crippen molar-refractivity contribution < 1.29 is 19.3 Å². The summed E-state index contributed by atoms with van der Waals surface area (Å²) in [4.78, 5) is 50.5. The van der Waals surface area contributed by atoms with E-state index >= 15 is 0 Å². The highest BCUT2D eigenvalue weighted by Gasteiger charge is 2.51. The summed E-state index contributed by atoms with van der Waals surface area (Å²) in [5, 5.41) is 13.2. The van der Waals surface area contributed by atoms with Crippen molar-refractivity contribution in [1.82, 2.24) is 10.0 Å². The highest BCUT2D eigenvalue weighted by Crippen LogP contribution is 2.39. The summed E-state index contributed by atoms with van der Waals surface area (Å²) in [6, 6.07) is 12.4. The van der Waals surface area contributed by atoms with Crippen LogP contribution in [0.25, 0.3) is 0 Å². The minimum Gasteiger partial charge on any atom is -0.272 e. The topological polar surface area (TPSA) is 101 Å². The minimum absolute atomic E-state index is 0.0288. The van der Waals surface area contributed by atoms with Crippen molar-refractivity contribution in [1.29, 1.82) is 0 Å². The van der Waals surface area contributed by atoms with Gasteiger partial charge in [0.15, 0.2) is 0 Å². The predicted molar refractivity (Wildman–Crippen MR) is 119 cm³/mol. The van der Waals surface area contributed by atoms with Gasteiger partial charge in [-0.1, -0.05) is 45.8 Å². The first kappa shape index (κ1) is 21.9. The second-order valence-corrected chi connectivity index (χ2v) is 8.90. The van der Waals surface area contributed by atoms with Gasteiger partial charge in [-0.25, -0.2) is 5.01 Å². The number of amides is 3. The Morgan fingerprint density at radius 3 is 2.53 bits per heavy atom. The van der Waals surface area contributed by atoms with Crippen molar-refractivity contribution >= 4 is 39.3 Å². The molecule has 0 N–H and O–H groups in total. The summed E-state index contributed by atoms with van der Waals surface area (Å²) in [5.74, 6) is -2.49. The number of hydrogen-bond donors (Lipinski definition) is 0. The third kappa shape index (κ3) is 4.08. The molecule has 4 rings (SSSR count). The maximum Gasteiger partial charge on any atom is 0.273 e. The van der Waals surface area contributed by atoms with Crippen LogP contribution in [0.3, 0.4) is 0 Å². The van der Waals surface area contributed by atoms with Crippen LogP contribution in [0.5, 0.6) is 0 Å². The summed E-state index contributed by atoms with van der Waals surface area (Å²) >= 11 is 3.36. The lowest BCUT2D eigenvalue weighted by atomic mass is 9.82. The number of carbonyl (C=O) groups excluding carboxylic acids is 3. The molecule has 1 aliphatic heterocycles. The van der Waals surface area contributed by atoms with Crippen LogP contribution in [0, 0.1) is 22.0 Å². The Hall–Kier alpha value is -3.33. The fourth-order valence-electron chi connectivity index (χ4n) is 4.16. The number of carbonyl (C=O) groups is 3. The Bertz CT molecular complexity index is 1140. The lowest BCUT2D eigenvalue weighted by Crippen LogP contribution is -2.49. The van der Waals surface area contributed by atoms with Crippen LogP contribution in [0.15, 0.2) is 64.7 Å². The highest BCUT2D eigenvalue weighted by atomic mass is 79.9. The quantitative estimate of drug-likeness (QED) is 0.266. The van der Waals surface area contributed by atoms with E-state index in [-0.39, 0.29) is 17.8 Å². The number of fused-ring (bicyclic) bond motifs is 1. The van der Waals surface area contributed by atoms with Crippen molar-refractivity contribution in [2.24, 2.45) is 11.8 Å². The molecule has 0 unspecified atom stereocenters. The van der Waals surface area contributed by atoms with E-state index in [1.807, 2.05) is 13.0 Å². The Morgan fingerprint density at radius 1 is 1.16 bits per heavy atom. The number of benzene rings is 2. The van der Waals surface area contributed by atoms with E-state index in [1.54, 1.807) is 24.3 Å². The van der Waals surface area contributed by atoms with Gasteiger partial charge in [-0.15, -0.1) is 0 Å². The normalized spacial score (nSPS) is 20.1. The Morgan fingerprint density at radius 2 is 1.84 bits per heavy atom. The zero-order valence-corrected chi connectivity index (χ0v) is 18.8. The first-order chi connectivity index (χ1) is 15.3. The van der Waals surface area contributed by atoms with Crippen LogP contribution in [-0.4, -0.2) is 32.7 Å². The molecule has 1 heterocycles. The molecule has 0 spiro atoms. The molecule has 0 bridgehead atoms. The van der Waals surface area contributed by atoms with Crippen LogP contribution >= 0.6 is 15.9 Å². The van der Waals surface area contributed by atoms with Crippen LogP contribution in [0.1, 0.15) is 35.7 Å². The standard InChI is InChI=1S/C23H20BrN3O5/c1-14-5-10-19-20(11-14)23(30)26(22(19)29)25(13-15-6-8-17(24)9-7-15)21(28)16-3-2-4-18(12-16)27(31)32/h2-9,12,19-20H,10-11,13H2,1H3/t19-,20+/m1/s1. The maximum absolute atomic E-state index is 13.5. The van der Waals surface area contributed by atoms with E-state index in [1.165, 1.54) is 18.2 Å². The van der Waals surface area contributed by atoms with Crippen molar-refractivity contribution in [2.45, 2.75) is 26.3 Å². The smallest absolute Gasteiger partial charge is 0.272 e. The molecule has 0 aromatic heterocycles.